The molecule has 0 spiro atoms. The van der Waals surface area contributed by atoms with Gasteiger partial charge < -0.3 is 15.2 Å². The molecular weight excluding hydrogens is 186 g/mol. The van der Waals surface area contributed by atoms with Crippen LogP contribution in [0.4, 0.5) is 5.95 Å². The Morgan fingerprint density at radius 3 is 2.71 bits per heavy atom. The predicted molar refractivity (Wildman–Crippen MR) is 47.9 cm³/mol. The molecule has 0 aliphatic heterocycles. The van der Waals surface area contributed by atoms with Crippen molar-refractivity contribution in [2.45, 2.75) is 0 Å². The van der Waals surface area contributed by atoms with Crippen molar-refractivity contribution in [1.29, 1.82) is 0 Å². The molecule has 0 aliphatic carbocycles. The first-order valence-corrected chi connectivity index (χ1v) is 3.78. The summed E-state index contributed by atoms with van der Waals surface area (Å²) in [6, 6.07) is 6.54. The Hall–Kier alpha value is -2.24. The van der Waals surface area contributed by atoms with E-state index in [9.17, 15) is 15.2 Å². The summed E-state index contributed by atoms with van der Waals surface area (Å²) in [5.74, 6) is -0.969. The van der Waals surface area contributed by atoms with Crippen molar-refractivity contribution in [2.24, 2.45) is 0 Å². The Kier molecular flexibility index (Phi) is 1.74. The highest BCUT2D eigenvalue weighted by Crippen LogP contribution is 2.22. The monoisotopic (exact) mass is 191 g/mol. The number of hydrogen-bond donors (Lipinski definition) is 1. The Balaban J connectivity index is 2.78. The lowest BCUT2D eigenvalue weighted by atomic mass is 10.2. The molecule has 6 heteroatoms. The molecule has 70 valence electrons. The summed E-state index contributed by atoms with van der Waals surface area (Å²) in [5, 5.41) is 20.1. The average Bonchev–Trinajstić information content (AvgIpc) is 2.17. The van der Waals surface area contributed by atoms with Gasteiger partial charge in [0.25, 0.3) is 0 Å². The molecule has 0 aliphatic rings. The standard InChI is InChI=1S/C8H5N3O3/c12-7-5-3-1-2-4-6(5)9-8(10-7)11(13)14/h1-4H,(H,9,10,12). The van der Waals surface area contributed by atoms with Gasteiger partial charge in [0.2, 0.25) is 0 Å². The fourth-order valence-corrected chi connectivity index (χ4v) is 1.13. The van der Waals surface area contributed by atoms with Gasteiger partial charge in [-0.05, 0) is 22.0 Å². The normalized spacial score (nSPS) is 10.3. The third-order valence-corrected chi connectivity index (χ3v) is 1.73. The number of nitro groups is 1. The van der Waals surface area contributed by atoms with Crippen molar-refractivity contribution in [3.8, 4) is 5.88 Å². The van der Waals surface area contributed by atoms with E-state index in [-0.39, 0.29) is 5.88 Å². The van der Waals surface area contributed by atoms with Gasteiger partial charge in [0.1, 0.15) is 0 Å². The third kappa shape index (κ3) is 1.22. The molecule has 2 aromatic rings. The van der Waals surface area contributed by atoms with Crippen LogP contribution >= 0.6 is 0 Å². The summed E-state index contributed by atoms with van der Waals surface area (Å²) in [4.78, 5) is 16.6. The number of hydrogen-bond acceptors (Lipinski definition) is 5. The second-order valence-electron chi connectivity index (χ2n) is 2.62. The molecule has 0 bridgehead atoms. The highest BCUT2D eigenvalue weighted by molar-refractivity contribution is 5.83. The molecule has 0 amide bonds. The van der Waals surface area contributed by atoms with Gasteiger partial charge in [-0.3, -0.25) is 0 Å². The molecule has 0 fully saturated rings. The zero-order valence-electron chi connectivity index (χ0n) is 6.91. The molecule has 2 rings (SSSR count). The van der Waals surface area contributed by atoms with Crippen molar-refractivity contribution >= 4 is 16.9 Å². The first-order chi connectivity index (χ1) is 6.68. The van der Waals surface area contributed by atoms with Crippen LogP contribution in [0, 0.1) is 10.1 Å². The fourth-order valence-electron chi connectivity index (χ4n) is 1.13. The summed E-state index contributed by atoms with van der Waals surface area (Å²) in [6.45, 7) is 0. The van der Waals surface area contributed by atoms with Crippen LogP contribution in [0.25, 0.3) is 10.9 Å². The number of aromatic nitrogens is 2. The molecule has 0 saturated heterocycles. The molecule has 1 N–H and O–H groups in total. The quantitative estimate of drug-likeness (QED) is 0.541. The van der Waals surface area contributed by atoms with Gasteiger partial charge in [0.15, 0.2) is 5.52 Å². The topological polar surface area (TPSA) is 89.2 Å². The van der Waals surface area contributed by atoms with Crippen LogP contribution < -0.4 is 0 Å². The largest absolute Gasteiger partial charge is 0.481 e. The molecule has 0 unspecified atom stereocenters. The lowest BCUT2D eigenvalue weighted by Gasteiger charge is -1.95. The van der Waals surface area contributed by atoms with Crippen molar-refractivity contribution in [1.82, 2.24) is 9.97 Å². The van der Waals surface area contributed by atoms with Gasteiger partial charge in [-0.2, -0.15) is 0 Å². The van der Waals surface area contributed by atoms with Crippen LogP contribution in [0.2, 0.25) is 0 Å². The maximum atomic E-state index is 10.4. The molecule has 0 atom stereocenters. The Bertz CT molecular complexity index is 512. The van der Waals surface area contributed by atoms with Crippen molar-refractivity contribution in [2.75, 3.05) is 0 Å². The average molecular weight is 191 g/mol. The molecule has 1 heterocycles. The summed E-state index contributed by atoms with van der Waals surface area (Å²) in [7, 11) is 0. The number of benzene rings is 1. The maximum absolute atomic E-state index is 10.4. The minimum Gasteiger partial charge on any atom is -0.481 e. The smallest absolute Gasteiger partial charge is 0.472 e. The van der Waals surface area contributed by atoms with E-state index in [0.717, 1.165) is 0 Å². The lowest BCUT2D eigenvalue weighted by Crippen LogP contribution is -1.96. The molecule has 1 aromatic carbocycles. The van der Waals surface area contributed by atoms with E-state index >= 15 is 0 Å². The zero-order chi connectivity index (χ0) is 10.1. The van der Waals surface area contributed by atoms with Crippen LogP contribution in [0.15, 0.2) is 24.3 Å². The van der Waals surface area contributed by atoms with E-state index in [2.05, 4.69) is 9.97 Å². The van der Waals surface area contributed by atoms with E-state index in [1.807, 2.05) is 0 Å². The second-order valence-corrected chi connectivity index (χ2v) is 2.62. The molecule has 0 saturated carbocycles. The second kappa shape index (κ2) is 2.91. The minimum absolute atomic E-state index is 0.353. The van der Waals surface area contributed by atoms with E-state index in [1.165, 1.54) is 0 Å². The van der Waals surface area contributed by atoms with E-state index in [1.54, 1.807) is 24.3 Å². The minimum atomic E-state index is -0.744. The Morgan fingerprint density at radius 1 is 1.29 bits per heavy atom. The van der Waals surface area contributed by atoms with Crippen LogP contribution in [-0.4, -0.2) is 20.0 Å². The first kappa shape index (κ1) is 8.36. The number of fused-ring (bicyclic) bond motifs is 1. The number of para-hydroxylation sites is 1. The van der Waals surface area contributed by atoms with Gasteiger partial charge in [0.05, 0.1) is 5.39 Å². The van der Waals surface area contributed by atoms with Crippen molar-refractivity contribution < 1.29 is 10.0 Å². The van der Waals surface area contributed by atoms with Crippen LogP contribution in [0.5, 0.6) is 5.88 Å². The van der Waals surface area contributed by atoms with E-state index in [0.29, 0.717) is 10.9 Å². The van der Waals surface area contributed by atoms with Crippen LogP contribution in [0.3, 0.4) is 0 Å². The SMILES string of the molecule is O=[N+]([O-])c1nc(O)c2ccccc2n1. The van der Waals surface area contributed by atoms with Crippen molar-refractivity contribution in [3.05, 3.63) is 34.4 Å². The van der Waals surface area contributed by atoms with Gasteiger partial charge in [-0.15, -0.1) is 0 Å². The third-order valence-electron chi connectivity index (χ3n) is 1.73. The molecule has 0 radical (unpaired) electrons. The Labute approximate surface area is 78.0 Å². The summed E-state index contributed by atoms with van der Waals surface area (Å²) >= 11 is 0. The van der Waals surface area contributed by atoms with Crippen molar-refractivity contribution in [3.63, 3.8) is 0 Å². The molecule has 1 aromatic heterocycles. The van der Waals surface area contributed by atoms with E-state index < -0.39 is 10.9 Å². The number of nitrogens with zero attached hydrogens (tertiary/aromatic N) is 3. The summed E-state index contributed by atoms with van der Waals surface area (Å²) < 4.78 is 0. The molecule has 6 nitrogen and oxygen atoms in total. The maximum Gasteiger partial charge on any atom is 0.472 e. The molecular formula is C8H5N3O3. The van der Waals surface area contributed by atoms with Crippen LogP contribution in [0.1, 0.15) is 0 Å². The first-order valence-electron chi connectivity index (χ1n) is 3.78. The van der Waals surface area contributed by atoms with Crippen LogP contribution in [-0.2, 0) is 0 Å². The lowest BCUT2D eigenvalue weighted by molar-refractivity contribution is -0.394. The highest BCUT2D eigenvalue weighted by Gasteiger charge is 2.15. The fraction of sp³-hybridized carbons (Fsp3) is 0. The zero-order valence-corrected chi connectivity index (χ0v) is 6.91. The predicted octanol–water partition coefficient (Wildman–Crippen LogP) is 1.24. The number of rotatable bonds is 1. The van der Waals surface area contributed by atoms with Gasteiger partial charge >= 0.3 is 11.8 Å². The summed E-state index contributed by atoms with van der Waals surface area (Å²) in [5.41, 5.74) is 0.353. The Morgan fingerprint density at radius 2 is 2.00 bits per heavy atom. The highest BCUT2D eigenvalue weighted by atomic mass is 16.6. The van der Waals surface area contributed by atoms with Gasteiger partial charge in [-0.25, -0.2) is 0 Å². The number of aromatic hydroxyl groups is 1. The molecule has 14 heavy (non-hydrogen) atoms. The van der Waals surface area contributed by atoms with Gasteiger partial charge in [0, 0.05) is 0 Å². The summed E-state index contributed by atoms with van der Waals surface area (Å²) in [6.07, 6.45) is 0. The van der Waals surface area contributed by atoms with E-state index in [4.69, 9.17) is 0 Å². The van der Waals surface area contributed by atoms with Gasteiger partial charge in [-0.1, -0.05) is 17.1 Å².